The quantitative estimate of drug-likeness (QED) is 0.607. The summed E-state index contributed by atoms with van der Waals surface area (Å²) in [6.45, 7) is 1.39. The lowest BCUT2D eigenvalue weighted by molar-refractivity contribution is 0.370. The fourth-order valence-corrected chi connectivity index (χ4v) is 4.88. The SMILES string of the molecule is COc1cccc(CN2CCC(c3cccc(F)c3)Sc3ccccc32)c1O. The Bertz CT molecular complexity index is 978. The predicted octanol–water partition coefficient (Wildman–Crippen LogP) is 5.78. The van der Waals surface area contributed by atoms with Gasteiger partial charge in [0.25, 0.3) is 0 Å². The zero-order valence-corrected chi connectivity index (χ0v) is 16.5. The van der Waals surface area contributed by atoms with Crippen LogP contribution in [0.5, 0.6) is 11.5 Å². The Balaban J connectivity index is 1.65. The zero-order chi connectivity index (χ0) is 19.5. The molecule has 1 unspecified atom stereocenters. The van der Waals surface area contributed by atoms with E-state index in [0.29, 0.717) is 12.3 Å². The van der Waals surface area contributed by atoms with Crippen LogP contribution in [0, 0.1) is 5.82 Å². The van der Waals surface area contributed by atoms with E-state index in [0.717, 1.165) is 34.7 Å². The average molecular weight is 395 g/mol. The minimum absolute atomic E-state index is 0.181. The van der Waals surface area contributed by atoms with Gasteiger partial charge in [0.15, 0.2) is 11.5 Å². The first kappa shape index (κ1) is 18.7. The molecule has 0 fully saturated rings. The predicted molar refractivity (Wildman–Crippen MR) is 112 cm³/mol. The number of nitrogens with zero attached hydrogens (tertiary/aromatic N) is 1. The van der Waals surface area contributed by atoms with E-state index in [2.05, 4.69) is 17.0 Å². The Morgan fingerprint density at radius 1 is 1.11 bits per heavy atom. The lowest BCUT2D eigenvalue weighted by atomic mass is 10.1. The van der Waals surface area contributed by atoms with Crippen LogP contribution in [0.4, 0.5) is 10.1 Å². The molecule has 28 heavy (non-hydrogen) atoms. The van der Waals surface area contributed by atoms with E-state index in [1.165, 1.54) is 6.07 Å². The number of anilines is 1. The smallest absolute Gasteiger partial charge is 0.162 e. The van der Waals surface area contributed by atoms with E-state index in [4.69, 9.17) is 4.74 Å². The van der Waals surface area contributed by atoms with E-state index in [1.807, 2.05) is 30.3 Å². The molecule has 0 aromatic heterocycles. The molecule has 1 atom stereocenters. The second kappa shape index (κ2) is 8.15. The van der Waals surface area contributed by atoms with E-state index in [9.17, 15) is 9.50 Å². The maximum Gasteiger partial charge on any atom is 0.162 e. The Labute approximate surface area is 168 Å². The van der Waals surface area contributed by atoms with E-state index >= 15 is 0 Å². The molecule has 0 saturated carbocycles. The Kier molecular flexibility index (Phi) is 5.44. The molecule has 0 aliphatic carbocycles. The van der Waals surface area contributed by atoms with Crippen LogP contribution in [0.3, 0.4) is 0 Å². The monoisotopic (exact) mass is 395 g/mol. The summed E-state index contributed by atoms with van der Waals surface area (Å²) in [6.07, 6.45) is 0.882. The summed E-state index contributed by atoms with van der Waals surface area (Å²) in [6, 6.07) is 20.7. The number of halogens is 1. The molecule has 1 aliphatic rings. The van der Waals surface area contributed by atoms with Gasteiger partial charge in [0.2, 0.25) is 0 Å². The lowest BCUT2D eigenvalue weighted by Crippen LogP contribution is -2.24. The van der Waals surface area contributed by atoms with Crippen molar-refractivity contribution in [3.05, 3.63) is 83.7 Å². The third kappa shape index (κ3) is 3.80. The third-order valence-corrected chi connectivity index (χ3v) is 6.41. The number of thioether (sulfide) groups is 1. The summed E-state index contributed by atoms with van der Waals surface area (Å²) in [5.74, 6) is 0.461. The van der Waals surface area contributed by atoms with Crippen molar-refractivity contribution >= 4 is 17.4 Å². The van der Waals surface area contributed by atoms with Crippen molar-refractivity contribution in [3.63, 3.8) is 0 Å². The number of hydrogen-bond acceptors (Lipinski definition) is 4. The highest BCUT2D eigenvalue weighted by atomic mass is 32.2. The Morgan fingerprint density at radius 3 is 2.75 bits per heavy atom. The molecule has 0 saturated heterocycles. The third-order valence-electron chi connectivity index (χ3n) is 5.02. The number of fused-ring (bicyclic) bond motifs is 1. The maximum atomic E-state index is 13.7. The molecule has 4 rings (SSSR count). The zero-order valence-electron chi connectivity index (χ0n) is 15.6. The van der Waals surface area contributed by atoms with Gasteiger partial charge >= 0.3 is 0 Å². The molecular weight excluding hydrogens is 373 g/mol. The number of aromatic hydroxyl groups is 1. The highest BCUT2D eigenvalue weighted by Gasteiger charge is 2.24. The summed E-state index contributed by atoms with van der Waals surface area (Å²) in [5.41, 5.74) is 2.96. The van der Waals surface area contributed by atoms with Crippen molar-refractivity contribution in [3.8, 4) is 11.5 Å². The van der Waals surface area contributed by atoms with Crippen LogP contribution in [-0.4, -0.2) is 18.8 Å². The number of phenols is 1. The number of para-hydroxylation sites is 2. The van der Waals surface area contributed by atoms with Crippen LogP contribution in [-0.2, 0) is 6.54 Å². The molecule has 0 radical (unpaired) electrons. The molecule has 1 N–H and O–H groups in total. The molecule has 3 aromatic rings. The van der Waals surface area contributed by atoms with Crippen LogP contribution < -0.4 is 9.64 Å². The van der Waals surface area contributed by atoms with E-state index < -0.39 is 0 Å². The van der Waals surface area contributed by atoms with Gasteiger partial charge in [-0.3, -0.25) is 0 Å². The van der Waals surface area contributed by atoms with Crippen molar-refractivity contribution in [2.75, 3.05) is 18.6 Å². The molecular formula is C23H22FNO2S. The van der Waals surface area contributed by atoms with Crippen LogP contribution >= 0.6 is 11.8 Å². The van der Waals surface area contributed by atoms with Crippen LogP contribution in [0.2, 0.25) is 0 Å². The van der Waals surface area contributed by atoms with Gasteiger partial charge in [-0.2, -0.15) is 0 Å². The van der Waals surface area contributed by atoms with Gasteiger partial charge in [0, 0.05) is 28.8 Å². The van der Waals surface area contributed by atoms with Crippen LogP contribution in [0.25, 0.3) is 0 Å². The Morgan fingerprint density at radius 2 is 1.93 bits per heavy atom. The highest BCUT2D eigenvalue weighted by molar-refractivity contribution is 7.99. The number of methoxy groups -OCH3 is 1. The van der Waals surface area contributed by atoms with E-state index in [1.54, 1.807) is 37.1 Å². The number of hydrogen-bond donors (Lipinski definition) is 1. The van der Waals surface area contributed by atoms with Gasteiger partial charge in [-0.05, 0) is 42.3 Å². The van der Waals surface area contributed by atoms with Crippen molar-refractivity contribution in [2.45, 2.75) is 23.1 Å². The normalized spacial score (nSPS) is 16.4. The molecule has 3 nitrogen and oxygen atoms in total. The van der Waals surface area contributed by atoms with Gasteiger partial charge in [-0.15, -0.1) is 11.8 Å². The molecule has 1 aliphatic heterocycles. The summed E-state index contributed by atoms with van der Waals surface area (Å²) < 4.78 is 19.0. The summed E-state index contributed by atoms with van der Waals surface area (Å²) >= 11 is 1.77. The summed E-state index contributed by atoms with van der Waals surface area (Å²) in [4.78, 5) is 3.44. The molecule has 144 valence electrons. The Hall–Kier alpha value is -2.66. The first-order valence-corrected chi connectivity index (χ1v) is 10.1. The number of ether oxygens (including phenoxy) is 1. The topological polar surface area (TPSA) is 32.7 Å². The first-order chi connectivity index (χ1) is 13.7. The van der Waals surface area contributed by atoms with Crippen LogP contribution in [0.15, 0.2) is 71.6 Å². The molecule has 3 aromatic carbocycles. The fraction of sp³-hybridized carbons (Fsp3) is 0.217. The second-order valence-corrected chi connectivity index (χ2v) is 8.05. The van der Waals surface area contributed by atoms with Gasteiger partial charge < -0.3 is 14.7 Å². The minimum Gasteiger partial charge on any atom is -0.504 e. The number of phenolic OH excluding ortho intramolecular Hbond substituents is 1. The standard InChI is InChI=1S/C23H22FNO2S/c1-27-20-10-5-7-17(23(20)26)15-25-13-12-21(16-6-4-8-18(24)14-16)28-22-11-3-2-9-19(22)25/h2-11,14,21,26H,12-13,15H2,1H3. The molecule has 1 heterocycles. The highest BCUT2D eigenvalue weighted by Crippen LogP contribution is 2.46. The van der Waals surface area contributed by atoms with Gasteiger partial charge in [0.05, 0.1) is 12.8 Å². The lowest BCUT2D eigenvalue weighted by Gasteiger charge is -2.25. The van der Waals surface area contributed by atoms with Crippen molar-refractivity contribution in [1.29, 1.82) is 0 Å². The van der Waals surface area contributed by atoms with Crippen molar-refractivity contribution in [1.82, 2.24) is 0 Å². The minimum atomic E-state index is -0.200. The van der Waals surface area contributed by atoms with Crippen LogP contribution in [0.1, 0.15) is 22.8 Å². The summed E-state index contributed by atoms with van der Waals surface area (Å²) in [7, 11) is 1.56. The number of rotatable bonds is 4. The maximum absolute atomic E-state index is 13.7. The van der Waals surface area contributed by atoms with Gasteiger partial charge in [0.1, 0.15) is 5.82 Å². The molecule has 0 spiro atoms. The van der Waals surface area contributed by atoms with Gasteiger partial charge in [-0.1, -0.05) is 36.4 Å². The first-order valence-electron chi connectivity index (χ1n) is 9.26. The van der Waals surface area contributed by atoms with E-state index in [-0.39, 0.29) is 16.8 Å². The molecule has 0 amide bonds. The largest absolute Gasteiger partial charge is 0.504 e. The molecule has 0 bridgehead atoms. The number of benzene rings is 3. The molecule has 5 heteroatoms. The van der Waals surface area contributed by atoms with Crippen molar-refractivity contribution in [2.24, 2.45) is 0 Å². The summed E-state index contributed by atoms with van der Waals surface area (Å²) in [5, 5.41) is 10.7. The fourth-order valence-electron chi connectivity index (χ4n) is 3.60. The van der Waals surface area contributed by atoms with Crippen molar-refractivity contribution < 1.29 is 14.2 Å². The van der Waals surface area contributed by atoms with Gasteiger partial charge in [-0.25, -0.2) is 4.39 Å². The average Bonchev–Trinajstić information content (AvgIpc) is 2.89. The second-order valence-electron chi connectivity index (χ2n) is 6.81.